The van der Waals surface area contributed by atoms with Crippen molar-refractivity contribution in [1.82, 2.24) is 4.90 Å². The molecule has 164 valence electrons. The van der Waals surface area contributed by atoms with Crippen molar-refractivity contribution in [3.8, 4) is 5.75 Å². The second kappa shape index (κ2) is 10.5. The molecule has 0 atom stereocenters. The normalized spacial score (nSPS) is 11.5. The maximum Gasteiger partial charge on any atom is 0.257 e. The Balaban J connectivity index is 1.92. The summed E-state index contributed by atoms with van der Waals surface area (Å²) in [6.07, 6.45) is 1.71. The minimum absolute atomic E-state index is 0.00603. The third-order valence-corrected chi connectivity index (χ3v) is 5.37. The number of fused-ring (bicyclic) bond motifs is 1. The monoisotopic (exact) mass is 418 g/mol. The summed E-state index contributed by atoms with van der Waals surface area (Å²) in [5.74, 6) is 0.632. The third kappa shape index (κ3) is 6.56. The molecule has 0 unspecified atom stereocenters. The summed E-state index contributed by atoms with van der Waals surface area (Å²) in [7, 11) is 0. The first-order chi connectivity index (χ1) is 14.9. The Morgan fingerprint density at radius 3 is 2.23 bits per heavy atom. The number of rotatable bonds is 9. The molecule has 0 heterocycles. The molecule has 0 saturated carbocycles. The molecule has 2 N–H and O–H groups in total. The van der Waals surface area contributed by atoms with Crippen molar-refractivity contribution in [3.63, 3.8) is 0 Å². The van der Waals surface area contributed by atoms with Gasteiger partial charge in [-0.05, 0) is 53.3 Å². The Bertz CT molecular complexity index is 993. The summed E-state index contributed by atoms with van der Waals surface area (Å²) >= 11 is 0. The number of amides is 1. The molecule has 0 aliphatic heterocycles. The molecule has 4 nitrogen and oxygen atoms in total. The molecule has 0 aliphatic rings. The summed E-state index contributed by atoms with van der Waals surface area (Å²) < 4.78 is 6.18. The fraction of sp³-hybridized carbons (Fsp3) is 0.370. The lowest BCUT2D eigenvalue weighted by atomic mass is 9.92. The average molecular weight is 419 g/mol. The molecule has 0 saturated heterocycles. The fourth-order valence-corrected chi connectivity index (χ4v) is 3.48. The molecule has 0 aromatic heterocycles. The molecule has 0 aliphatic carbocycles. The average Bonchev–Trinajstić information content (AvgIpc) is 2.76. The number of nitrogens with zero attached hydrogens (tertiary/aromatic N) is 1. The molecular weight excluding hydrogens is 384 g/mol. The van der Waals surface area contributed by atoms with Crippen molar-refractivity contribution in [3.05, 3.63) is 77.9 Å². The van der Waals surface area contributed by atoms with Crippen LogP contribution >= 0.6 is 0 Å². The van der Waals surface area contributed by atoms with Crippen molar-refractivity contribution < 1.29 is 9.53 Å². The first kappa shape index (κ1) is 22.8. The van der Waals surface area contributed by atoms with E-state index >= 15 is 0 Å². The van der Waals surface area contributed by atoms with Gasteiger partial charge in [0, 0.05) is 13.1 Å². The van der Waals surface area contributed by atoms with Crippen LogP contribution in [0.25, 0.3) is 10.8 Å². The number of benzene rings is 3. The van der Waals surface area contributed by atoms with Crippen molar-refractivity contribution in [2.75, 3.05) is 19.6 Å². The van der Waals surface area contributed by atoms with Crippen molar-refractivity contribution >= 4 is 16.7 Å². The first-order valence-electron chi connectivity index (χ1n) is 11.1. The minimum atomic E-state index is 0.00603. The van der Waals surface area contributed by atoms with Crippen LogP contribution < -0.4 is 10.5 Å². The molecule has 31 heavy (non-hydrogen) atoms. The van der Waals surface area contributed by atoms with E-state index in [1.165, 1.54) is 0 Å². The molecule has 0 spiro atoms. The Morgan fingerprint density at radius 1 is 0.935 bits per heavy atom. The third-order valence-electron chi connectivity index (χ3n) is 5.37. The van der Waals surface area contributed by atoms with Crippen LogP contribution in [-0.2, 0) is 6.61 Å². The van der Waals surface area contributed by atoms with E-state index in [4.69, 9.17) is 10.5 Å². The number of hydrogen-bond acceptors (Lipinski definition) is 3. The van der Waals surface area contributed by atoms with Gasteiger partial charge in [0.1, 0.15) is 12.4 Å². The molecule has 0 radical (unpaired) electrons. The van der Waals surface area contributed by atoms with Gasteiger partial charge in [0.05, 0.1) is 5.56 Å². The fourth-order valence-electron chi connectivity index (χ4n) is 3.48. The molecule has 1 amide bonds. The van der Waals surface area contributed by atoms with Gasteiger partial charge in [0.2, 0.25) is 0 Å². The highest BCUT2D eigenvalue weighted by atomic mass is 16.5. The highest BCUT2D eigenvalue weighted by molar-refractivity contribution is 6.01. The standard InChI is InChI=1S/C27H34N2O2/c1-27(2,3)14-17-29(16-9-15-28)26(30)24-18-22-12-7-8-13-23(22)19-25(24)31-20-21-10-5-4-6-11-21/h4-8,10-13,18-19H,9,14-17,20,28H2,1-3H3. The van der Waals surface area contributed by atoms with E-state index in [1.807, 2.05) is 71.6 Å². The van der Waals surface area contributed by atoms with Gasteiger partial charge in [0.15, 0.2) is 0 Å². The van der Waals surface area contributed by atoms with Crippen molar-refractivity contribution in [2.24, 2.45) is 11.1 Å². The van der Waals surface area contributed by atoms with E-state index in [-0.39, 0.29) is 11.3 Å². The van der Waals surface area contributed by atoms with E-state index in [1.54, 1.807) is 0 Å². The Hall–Kier alpha value is -2.85. The maximum atomic E-state index is 13.6. The second-order valence-corrected chi connectivity index (χ2v) is 9.21. The first-order valence-corrected chi connectivity index (χ1v) is 11.1. The van der Waals surface area contributed by atoms with Crippen LogP contribution in [0.3, 0.4) is 0 Å². The van der Waals surface area contributed by atoms with Crippen LogP contribution in [-0.4, -0.2) is 30.4 Å². The number of carbonyl (C=O) groups excluding carboxylic acids is 1. The SMILES string of the molecule is CC(C)(C)CCN(CCCN)C(=O)c1cc2ccccc2cc1OCc1ccccc1. The zero-order valence-electron chi connectivity index (χ0n) is 18.9. The van der Waals surface area contributed by atoms with Crippen LogP contribution in [0.5, 0.6) is 5.75 Å². The van der Waals surface area contributed by atoms with Gasteiger partial charge < -0.3 is 15.4 Å². The predicted molar refractivity (Wildman–Crippen MR) is 128 cm³/mol. The van der Waals surface area contributed by atoms with Gasteiger partial charge in [-0.15, -0.1) is 0 Å². The van der Waals surface area contributed by atoms with Gasteiger partial charge in [-0.2, -0.15) is 0 Å². The van der Waals surface area contributed by atoms with Crippen LogP contribution in [0.4, 0.5) is 0 Å². The minimum Gasteiger partial charge on any atom is -0.488 e. The molecular formula is C27H34N2O2. The highest BCUT2D eigenvalue weighted by Gasteiger charge is 2.22. The lowest BCUT2D eigenvalue weighted by molar-refractivity contribution is 0.0732. The maximum absolute atomic E-state index is 13.6. The van der Waals surface area contributed by atoms with Crippen molar-refractivity contribution in [1.29, 1.82) is 0 Å². The summed E-state index contributed by atoms with van der Waals surface area (Å²) in [5, 5.41) is 2.10. The molecule has 3 aromatic carbocycles. The van der Waals surface area contributed by atoms with E-state index in [2.05, 4.69) is 20.8 Å². The Labute approximate surface area is 186 Å². The van der Waals surface area contributed by atoms with Gasteiger partial charge >= 0.3 is 0 Å². The molecule has 4 heteroatoms. The zero-order valence-corrected chi connectivity index (χ0v) is 18.9. The lowest BCUT2D eigenvalue weighted by Gasteiger charge is -2.28. The van der Waals surface area contributed by atoms with Crippen LogP contribution in [0.2, 0.25) is 0 Å². The van der Waals surface area contributed by atoms with Gasteiger partial charge in [-0.1, -0.05) is 75.4 Å². The number of hydrogen-bond donors (Lipinski definition) is 1. The second-order valence-electron chi connectivity index (χ2n) is 9.21. The zero-order chi connectivity index (χ0) is 22.3. The van der Waals surface area contributed by atoms with E-state index in [9.17, 15) is 4.79 Å². The van der Waals surface area contributed by atoms with E-state index in [0.717, 1.165) is 29.2 Å². The summed E-state index contributed by atoms with van der Waals surface area (Å²) in [5.41, 5.74) is 7.58. The highest BCUT2D eigenvalue weighted by Crippen LogP contribution is 2.29. The van der Waals surface area contributed by atoms with E-state index < -0.39 is 0 Å². The van der Waals surface area contributed by atoms with E-state index in [0.29, 0.717) is 37.6 Å². The van der Waals surface area contributed by atoms with Crippen LogP contribution in [0.1, 0.15) is 49.5 Å². The Morgan fingerprint density at radius 2 is 1.58 bits per heavy atom. The summed E-state index contributed by atoms with van der Waals surface area (Å²) in [6, 6.07) is 22.0. The van der Waals surface area contributed by atoms with Crippen LogP contribution in [0, 0.1) is 5.41 Å². The molecule has 3 aromatic rings. The number of nitrogens with two attached hydrogens (primary N) is 1. The number of ether oxygens (including phenoxy) is 1. The Kier molecular flexibility index (Phi) is 7.69. The van der Waals surface area contributed by atoms with Gasteiger partial charge in [-0.25, -0.2) is 0 Å². The largest absolute Gasteiger partial charge is 0.488 e. The van der Waals surface area contributed by atoms with Crippen molar-refractivity contribution in [2.45, 2.75) is 40.2 Å². The topological polar surface area (TPSA) is 55.6 Å². The molecule has 3 rings (SSSR count). The smallest absolute Gasteiger partial charge is 0.257 e. The molecule has 0 fully saturated rings. The summed E-state index contributed by atoms with van der Waals surface area (Å²) in [6.45, 7) is 8.93. The molecule has 0 bridgehead atoms. The summed E-state index contributed by atoms with van der Waals surface area (Å²) in [4.78, 5) is 15.6. The van der Waals surface area contributed by atoms with Crippen LogP contribution in [0.15, 0.2) is 66.7 Å². The quantitative estimate of drug-likeness (QED) is 0.489. The predicted octanol–water partition coefficient (Wildman–Crippen LogP) is 5.65. The van der Waals surface area contributed by atoms with Gasteiger partial charge in [0.25, 0.3) is 5.91 Å². The van der Waals surface area contributed by atoms with Gasteiger partial charge in [-0.3, -0.25) is 4.79 Å². The number of carbonyl (C=O) groups is 1. The lowest BCUT2D eigenvalue weighted by Crippen LogP contribution is -2.35.